The minimum atomic E-state index is 0. The van der Waals surface area contributed by atoms with Gasteiger partial charge in [-0.3, -0.25) is 4.99 Å². The lowest BCUT2D eigenvalue weighted by Crippen LogP contribution is -2.37. The Balaban J connectivity index is 0.00000312. The van der Waals surface area contributed by atoms with E-state index in [0.29, 0.717) is 12.3 Å². The predicted octanol–water partition coefficient (Wildman–Crippen LogP) is 3.32. The Labute approximate surface area is 166 Å². The van der Waals surface area contributed by atoms with Gasteiger partial charge in [0.05, 0.1) is 7.11 Å². The molecule has 2 aromatic carbocycles. The molecule has 0 unspecified atom stereocenters. The highest BCUT2D eigenvalue weighted by Gasteiger charge is 2.00. The molecule has 0 saturated heterocycles. The SMILES string of the molecule is CN=C(NCCCc1ccc(O)cc1)NCc1cccc(OC)c1.I. The third kappa shape index (κ3) is 7.64. The van der Waals surface area contributed by atoms with E-state index in [1.807, 2.05) is 36.4 Å². The summed E-state index contributed by atoms with van der Waals surface area (Å²) >= 11 is 0. The highest BCUT2D eigenvalue weighted by molar-refractivity contribution is 14.0. The van der Waals surface area contributed by atoms with Gasteiger partial charge < -0.3 is 20.5 Å². The molecule has 2 aromatic rings. The zero-order chi connectivity index (χ0) is 17.2. The van der Waals surface area contributed by atoms with Crippen molar-refractivity contribution in [2.45, 2.75) is 19.4 Å². The lowest BCUT2D eigenvalue weighted by atomic mass is 10.1. The van der Waals surface area contributed by atoms with Crippen molar-refractivity contribution in [3.8, 4) is 11.5 Å². The summed E-state index contributed by atoms with van der Waals surface area (Å²) in [5, 5.41) is 15.9. The fourth-order valence-electron chi connectivity index (χ4n) is 2.35. The first kappa shape index (κ1) is 21.1. The van der Waals surface area contributed by atoms with E-state index >= 15 is 0 Å². The van der Waals surface area contributed by atoms with Crippen molar-refractivity contribution in [2.24, 2.45) is 4.99 Å². The molecule has 0 atom stereocenters. The summed E-state index contributed by atoms with van der Waals surface area (Å²) in [5.74, 6) is 1.94. The van der Waals surface area contributed by atoms with Gasteiger partial charge in [0.25, 0.3) is 0 Å². The van der Waals surface area contributed by atoms with Gasteiger partial charge in [-0.1, -0.05) is 24.3 Å². The van der Waals surface area contributed by atoms with Crippen LogP contribution in [0.2, 0.25) is 0 Å². The highest BCUT2D eigenvalue weighted by atomic mass is 127. The second kappa shape index (κ2) is 11.6. The lowest BCUT2D eigenvalue weighted by molar-refractivity contribution is 0.414. The van der Waals surface area contributed by atoms with Crippen molar-refractivity contribution < 1.29 is 9.84 Å². The van der Waals surface area contributed by atoms with E-state index in [4.69, 9.17) is 4.74 Å². The van der Waals surface area contributed by atoms with E-state index in [0.717, 1.165) is 36.7 Å². The van der Waals surface area contributed by atoms with E-state index in [9.17, 15) is 5.11 Å². The van der Waals surface area contributed by atoms with Gasteiger partial charge in [0.2, 0.25) is 0 Å². The average molecular weight is 455 g/mol. The second-order valence-electron chi connectivity index (χ2n) is 5.47. The molecule has 6 heteroatoms. The number of aliphatic imine (C=N–C) groups is 1. The maximum Gasteiger partial charge on any atom is 0.191 e. The molecule has 0 heterocycles. The van der Waals surface area contributed by atoms with Gasteiger partial charge in [-0.25, -0.2) is 0 Å². The number of hydrogen-bond acceptors (Lipinski definition) is 3. The summed E-state index contributed by atoms with van der Waals surface area (Å²) in [7, 11) is 3.43. The minimum absolute atomic E-state index is 0. The number of benzene rings is 2. The van der Waals surface area contributed by atoms with Crippen LogP contribution in [0.1, 0.15) is 17.5 Å². The number of methoxy groups -OCH3 is 1. The highest BCUT2D eigenvalue weighted by Crippen LogP contribution is 2.12. The van der Waals surface area contributed by atoms with Crippen LogP contribution < -0.4 is 15.4 Å². The Bertz CT molecular complexity index is 660. The zero-order valence-electron chi connectivity index (χ0n) is 14.7. The van der Waals surface area contributed by atoms with Gasteiger partial charge in [0.1, 0.15) is 11.5 Å². The average Bonchev–Trinajstić information content (AvgIpc) is 2.63. The number of nitrogens with one attached hydrogen (secondary N) is 2. The second-order valence-corrected chi connectivity index (χ2v) is 5.47. The fourth-order valence-corrected chi connectivity index (χ4v) is 2.35. The van der Waals surface area contributed by atoms with Gasteiger partial charge in [0.15, 0.2) is 5.96 Å². The molecule has 0 saturated carbocycles. The Morgan fingerprint density at radius 1 is 1.08 bits per heavy atom. The maximum absolute atomic E-state index is 9.27. The lowest BCUT2D eigenvalue weighted by Gasteiger charge is -2.12. The van der Waals surface area contributed by atoms with E-state index in [-0.39, 0.29) is 24.0 Å². The van der Waals surface area contributed by atoms with Crippen molar-refractivity contribution in [1.29, 1.82) is 0 Å². The molecule has 25 heavy (non-hydrogen) atoms. The first-order valence-electron chi connectivity index (χ1n) is 8.06. The molecular formula is C19H26IN3O2. The van der Waals surface area contributed by atoms with Gasteiger partial charge in [-0.05, 0) is 48.2 Å². The largest absolute Gasteiger partial charge is 0.508 e. The Kier molecular flexibility index (Phi) is 9.76. The Morgan fingerprint density at radius 2 is 1.84 bits per heavy atom. The van der Waals surface area contributed by atoms with Crippen LogP contribution in [0.25, 0.3) is 0 Å². The number of phenols is 1. The number of guanidine groups is 1. The van der Waals surface area contributed by atoms with Crippen molar-refractivity contribution >= 4 is 29.9 Å². The van der Waals surface area contributed by atoms with Gasteiger partial charge >= 0.3 is 0 Å². The molecule has 0 radical (unpaired) electrons. The summed E-state index contributed by atoms with van der Waals surface area (Å²) in [6.45, 7) is 1.52. The van der Waals surface area contributed by atoms with Crippen molar-refractivity contribution in [1.82, 2.24) is 10.6 Å². The maximum atomic E-state index is 9.27. The molecular weight excluding hydrogens is 429 g/mol. The quantitative estimate of drug-likeness (QED) is 0.260. The normalized spacial score (nSPS) is 10.7. The number of aryl methyl sites for hydroxylation is 1. The number of ether oxygens (including phenoxy) is 1. The van der Waals surface area contributed by atoms with Crippen LogP contribution in [0.4, 0.5) is 0 Å². The predicted molar refractivity (Wildman–Crippen MR) is 113 cm³/mol. The third-order valence-corrected chi connectivity index (χ3v) is 3.69. The number of nitrogens with zero attached hydrogens (tertiary/aromatic N) is 1. The summed E-state index contributed by atoms with van der Waals surface area (Å²) in [4.78, 5) is 4.23. The minimum Gasteiger partial charge on any atom is -0.508 e. The van der Waals surface area contributed by atoms with Crippen molar-refractivity contribution in [2.75, 3.05) is 20.7 Å². The fraction of sp³-hybridized carbons (Fsp3) is 0.316. The van der Waals surface area contributed by atoms with Gasteiger partial charge in [-0.15, -0.1) is 24.0 Å². The Morgan fingerprint density at radius 3 is 2.52 bits per heavy atom. The first-order chi connectivity index (χ1) is 11.7. The Hall–Kier alpha value is -1.96. The summed E-state index contributed by atoms with van der Waals surface area (Å²) < 4.78 is 5.23. The number of phenolic OH excluding ortho intramolecular Hbond substituents is 1. The molecule has 0 aliphatic heterocycles. The molecule has 0 aromatic heterocycles. The monoisotopic (exact) mass is 455 g/mol. The molecule has 2 rings (SSSR count). The summed E-state index contributed by atoms with van der Waals surface area (Å²) in [6, 6.07) is 15.3. The van der Waals surface area contributed by atoms with E-state index < -0.39 is 0 Å². The molecule has 0 bridgehead atoms. The van der Waals surface area contributed by atoms with E-state index in [1.54, 1.807) is 26.3 Å². The van der Waals surface area contributed by atoms with Crippen molar-refractivity contribution in [3.63, 3.8) is 0 Å². The van der Waals surface area contributed by atoms with Gasteiger partial charge in [-0.2, -0.15) is 0 Å². The molecule has 0 aliphatic rings. The number of hydrogen-bond donors (Lipinski definition) is 3. The standard InChI is InChI=1S/C19H25N3O2.HI/c1-20-19(22-14-16-5-3-7-18(13-16)24-2)21-12-4-6-15-8-10-17(23)11-9-15;/h3,5,7-11,13,23H,4,6,12,14H2,1-2H3,(H2,20,21,22);1H. The number of aromatic hydroxyl groups is 1. The van der Waals surface area contributed by atoms with E-state index in [2.05, 4.69) is 15.6 Å². The number of halogens is 1. The molecule has 0 fully saturated rings. The van der Waals surface area contributed by atoms with Crippen LogP contribution in [0.5, 0.6) is 11.5 Å². The van der Waals surface area contributed by atoms with Crippen LogP contribution in [-0.4, -0.2) is 31.8 Å². The topological polar surface area (TPSA) is 65.9 Å². The molecule has 3 N–H and O–H groups in total. The molecule has 0 amide bonds. The molecule has 5 nitrogen and oxygen atoms in total. The van der Waals surface area contributed by atoms with Crippen LogP contribution in [-0.2, 0) is 13.0 Å². The van der Waals surface area contributed by atoms with Crippen LogP contribution in [0.3, 0.4) is 0 Å². The summed E-state index contributed by atoms with van der Waals surface area (Å²) in [6.07, 6.45) is 1.95. The first-order valence-corrected chi connectivity index (χ1v) is 8.06. The zero-order valence-corrected chi connectivity index (χ0v) is 17.0. The third-order valence-electron chi connectivity index (χ3n) is 3.69. The van der Waals surface area contributed by atoms with Gasteiger partial charge in [0, 0.05) is 20.1 Å². The molecule has 136 valence electrons. The van der Waals surface area contributed by atoms with Crippen molar-refractivity contribution in [3.05, 3.63) is 59.7 Å². The number of rotatable bonds is 7. The van der Waals surface area contributed by atoms with Crippen LogP contribution in [0.15, 0.2) is 53.5 Å². The smallest absolute Gasteiger partial charge is 0.191 e. The summed E-state index contributed by atoms with van der Waals surface area (Å²) in [5.41, 5.74) is 2.36. The van der Waals surface area contributed by atoms with E-state index in [1.165, 1.54) is 5.56 Å². The molecule has 0 spiro atoms. The molecule has 0 aliphatic carbocycles. The van der Waals surface area contributed by atoms with Crippen LogP contribution >= 0.6 is 24.0 Å². The van der Waals surface area contributed by atoms with Crippen LogP contribution in [0, 0.1) is 0 Å².